The number of nitrogens with zero attached hydrogens (tertiary/aromatic N) is 1. The number of nitrogens with two attached hydrogens (primary N) is 1. The van der Waals surface area contributed by atoms with Gasteiger partial charge in [0.15, 0.2) is 5.78 Å². The lowest BCUT2D eigenvalue weighted by atomic mass is 10.0. The second kappa shape index (κ2) is 44.1. The normalized spacial score (nSPS) is 15.2. The third kappa shape index (κ3) is 32.8. The van der Waals surface area contributed by atoms with Crippen LogP contribution in [0.5, 0.6) is 0 Å². The summed E-state index contributed by atoms with van der Waals surface area (Å²) < 4.78 is 5.59. The van der Waals surface area contributed by atoms with Crippen LogP contribution < -0.4 is 64.2 Å². The van der Waals surface area contributed by atoms with Crippen LogP contribution in [-0.4, -0.2) is 249 Å². The Morgan fingerprint density at radius 2 is 0.990 bits per heavy atom. The number of amides is 12. The molecule has 0 spiro atoms. The summed E-state index contributed by atoms with van der Waals surface area (Å²) in [6, 6.07) is -8.97. The summed E-state index contributed by atoms with van der Waals surface area (Å²) in [6.07, 6.45) is -4.99. The Balaban J connectivity index is 2.32. The van der Waals surface area contributed by atoms with Gasteiger partial charge >= 0.3 is 29.8 Å². The summed E-state index contributed by atoms with van der Waals surface area (Å²) in [5, 5.41) is 73.4. The number of nitrogens with one attached hydrogen (secondary N) is 11. The minimum Gasteiger partial charge on any atom is -0.481 e. The van der Waals surface area contributed by atoms with E-state index in [0.29, 0.717) is 12.0 Å². The van der Waals surface area contributed by atoms with Gasteiger partial charge in [-0.25, -0.2) is 0 Å². The predicted molar refractivity (Wildman–Crippen MR) is 347 cm³/mol. The molecule has 1 aliphatic heterocycles. The van der Waals surface area contributed by atoms with Crippen molar-refractivity contribution in [1.29, 1.82) is 0 Å². The van der Waals surface area contributed by atoms with Crippen molar-refractivity contribution in [1.82, 2.24) is 63.4 Å². The quantitative estimate of drug-likeness (QED) is 0.0216. The van der Waals surface area contributed by atoms with Crippen LogP contribution in [0.25, 0.3) is 0 Å². The lowest BCUT2D eigenvalue weighted by Crippen LogP contribution is -2.59. The highest BCUT2D eigenvalue weighted by Gasteiger charge is 2.38. The van der Waals surface area contributed by atoms with E-state index in [1.54, 1.807) is 20.1 Å². The number of aliphatic carboxylic acids is 5. The summed E-state index contributed by atoms with van der Waals surface area (Å²) in [4.78, 5) is 233. The van der Waals surface area contributed by atoms with Gasteiger partial charge in [-0.15, -0.1) is 0 Å². The zero-order chi connectivity index (χ0) is 74.6. The highest BCUT2D eigenvalue weighted by molar-refractivity contribution is 7.98. The number of thioether (sulfide) groups is 1. The van der Waals surface area contributed by atoms with Gasteiger partial charge in [0, 0.05) is 70.0 Å². The summed E-state index contributed by atoms with van der Waals surface area (Å²) in [6.45, 7) is 4.63. The van der Waals surface area contributed by atoms with Crippen molar-refractivity contribution < 1.29 is 117 Å². The molecule has 38 heteroatoms. The van der Waals surface area contributed by atoms with E-state index in [1.807, 2.05) is 0 Å². The summed E-state index contributed by atoms with van der Waals surface area (Å²) >= 11 is 1.25. The Hall–Kier alpha value is -9.85. The fourth-order valence-electron chi connectivity index (χ4n) is 9.65. The second-order valence-electron chi connectivity index (χ2n) is 23.4. The molecule has 0 aromatic heterocycles. The molecule has 1 saturated heterocycles. The van der Waals surface area contributed by atoms with E-state index in [9.17, 15) is 107 Å². The number of benzene rings is 1. The average molecular weight is 1420 g/mol. The minimum absolute atomic E-state index is 0.125. The molecule has 37 nitrogen and oxygen atoms in total. The van der Waals surface area contributed by atoms with Gasteiger partial charge in [0.05, 0.1) is 19.2 Å². The Morgan fingerprint density at radius 3 is 1.43 bits per heavy atom. The van der Waals surface area contributed by atoms with Gasteiger partial charge in [0.25, 0.3) is 0 Å². The molecule has 1 aromatic rings. The van der Waals surface area contributed by atoms with Crippen molar-refractivity contribution in [3.05, 3.63) is 35.4 Å². The number of carbonyl (C=O) groups excluding carboxylic acids is 13. The van der Waals surface area contributed by atoms with Crippen LogP contribution in [0.3, 0.4) is 0 Å². The van der Waals surface area contributed by atoms with Crippen LogP contribution in [-0.2, 0) is 92.7 Å². The van der Waals surface area contributed by atoms with E-state index in [2.05, 4.69) is 58.5 Å². The standard InChI is InChI=1S/C61H91N13O24S/c1-31(2)26-41(55(91)65-28-45(76)67-43(30-99-6)60(96)66-32(3)52(88)63-5)73-61(97)44-8-7-24-74(44)46(77)29-98-25-23-64-54(90)42(27-34-9-11-35(12-10-34)33(4)75)72-59(95)40(17-22-51(86)87)71-58(94)39(16-21-50(84)85)70-57(93)38(15-20-49(82)83)69-56(92)37(14-19-48(80)81)68-53(89)36(62)13-18-47(78)79/h9-12,31-32,36-44H,7-8,13-30,62H2,1-6H3,(H,63,88)(H,64,90)(H,65,91)(H,66,96)(H,67,76)(H,68,89)(H,69,92)(H,70,93)(H,71,94)(H,72,95)(H,73,97)(H,78,79)(H,80,81)(H,82,83)(H,84,85)(H,86,87)/t32-,36+,37+,38+,39+,40+,41-,42-,43-,44-/m0/s1. The Labute approximate surface area is 573 Å². The fraction of sp³-hybridized carbons (Fsp3) is 0.607. The molecule has 1 aromatic carbocycles. The number of carboxylic acids is 5. The molecule has 550 valence electrons. The lowest BCUT2D eigenvalue weighted by molar-refractivity contribution is -0.142. The van der Waals surface area contributed by atoms with Crippen molar-refractivity contribution in [2.24, 2.45) is 11.7 Å². The molecular formula is C61H91N13O24S. The van der Waals surface area contributed by atoms with Crippen molar-refractivity contribution in [3.63, 3.8) is 0 Å². The first-order valence-corrected chi connectivity index (χ1v) is 33.0. The molecule has 18 N–H and O–H groups in total. The zero-order valence-electron chi connectivity index (χ0n) is 55.7. The topological polar surface area (TPSA) is 579 Å². The molecule has 1 heterocycles. The van der Waals surface area contributed by atoms with E-state index >= 15 is 0 Å². The van der Waals surface area contributed by atoms with E-state index < -0.39 is 239 Å². The van der Waals surface area contributed by atoms with Crippen molar-refractivity contribution in [2.45, 2.75) is 178 Å². The number of ether oxygens (including phenoxy) is 1. The molecule has 0 saturated carbocycles. The van der Waals surface area contributed by atoms with E-state index in [4.69, 9.17) is 15.6 Å². The van der Waals surface area contributed by atoms with E-state index in [-0.39, 0.29) is 62.0 Å². The van der Waals surface area contributed by atoms with Gasteiger partial charge in [0.1, 0.15) is 61.0 Å². The Bertz CT molecular complexity index is 3060. The van der Waals surface area contributed by atoms with Gasteiger partial charge in [-0.1, -0.05) is 38.1 Å². The summed E-state index contributed by atoms with van der Waals surface area (Å²) in [7, 11) is 1.40. The van der Waals surface area contributed by atoms with E-state index in [0.717, 1.165) is 0 Å². The highest BCUT2D eigenvalue weighted by atomic mass is 32.2. The second-order valence-corrected chi connectivity index (χ2v) is 24.4. The van der Waals surface area contributed by atoms with Gasteiger partial charge in [-0.3, -0.25) is 86.3 Å². The number of ketones is 1. The summed E-state index contributed by atoms with van der Waals surface area (Å²) in [5.74, 6) is -18.6. The maximum atomic E-state index is 14.3. The zero-order valence-corrected chi connectivity index (χ0v) is 56.5. The molecule has 99 heavy (non-hydrogen) atoms. The fourth-order valence-corrected chi connectivity index (χ4v) is 10.2. The molecule has 0 unspecified atom stereocenters. The van der Waals surface area contributed by atoms with Crippen LogP contribution >= 0.6 is 11.8 Å². The van der Waals surface area contributed by atoms with Gasteiger partial charge in [-0.2, -0.15) is 11.8 Å². The molecule has 12 amide bonds. The number of hydrogen-bond acceptors (Lipinski definition) is 21. The lowest BCUT2D eigenvalue weighted by Gasteiger charge is -2.27. The first kappa shape index (κ1) is 85.2. The molecule has 0 aliphatic carbocycles. The average Bonchev–Trinajstić information content (AvgIpc) is 1.78. The van der Waals surface area contributed by atoms with E-state index in [1.165, 1.54) is 61.8 Å². The largest absolute Gasteiger partial charge is 0.481 e. The predicted octanol–water partition coefficient (Wildman–Crippen LogP) is -4.62. The highest BCUT2D eigenvalue weighted by Crippen LogP contribution is 2.19. The third-order valence-electron chi connectivity index (χ3n) is 15.0. The van der Waals surface area contributed by atoms with Crippen LogP contribution in [0.1, 0.15) is 127 Å². The monoisotopic (exact) mass is 1420 g/mol. The Morgan fingerprint density at radius 1 is 0.545 bits per heavy atom. The number of likely N-dealkylation sites (N-methyl/N-ethyl adjacent to an activating group) is 1. The van der Waals surface area contributed by atoms with Crippen molar-refractivity contribution in [3.8, 4) is 0 Å². The maximum Gasteiger partial charge on any atom is 0.303 e. The number of hydrogen-bond donors (Lipinski definition) is 17. The van der Waals surface area contributed by atoms with Crippen LogP contribution in [0, 0.1) is 5.92 Å². The van der Waals surface area contributed by atoms with Gasteiger partial charge < -0.3 is 99.4 Å². The van der Waals surface area contributed by atoms with Crippen molar-refractivity contribution >= 4 is 118 Å². The van der Waals surface area contributed by atoms with Crippen LogP contribution in [0.4, 0.5) is 0 Å². The van der Waals surface area contributed by atoms with Crippen LogP contribution in [0.15, 0.2) is 24.3 Å². The SMILES string of the molecule is CNC(=O)[C@H](C)NC(=O)[C@H](CSC)NC(=O)CNC(=O)[C@H](CC(C)C)NC(=O)[C@@H]1CCCN1C(=O)COCCNC(=O)[C@H](Cc1ccc(C(C)=O)cc1)NC(=O)[C@@H](CCC(=O)O)NC(=O)[C@@H](CCC(=O)O)NC(=O)[C@@H](CCC(=O)O)NC(=O)[C@@H](CCC(=O)O)NC(=O)[C@H](N)CCC(=O)O. The minimum atomic E-state index is -1.96. The molecule has 0 bridgehead atoms. The molecule has 1 fully saturated rings. The molecular weight excluding hydrogens is 1330 g/mol. The third-order valence-corrected chi connectivity index (χ3v) is 15.6. The van der Waals surface area contributed by atoms with Crippen molar-refractivity contribution in [2.75, 3.05) is 51.9 Å². The summed E-state index contributed by atoms with van der Waals surface area (Å²) in [5.41, 5.74) is 6.40. The Kier molecular flexibility index (Phi) is 38.0. The van der Waals surface area contributed by atoms with Gasteiger partial charge in [0.2, 0.25) is 70.9 Å². The number of carbonyl (C=O) groups is 18. The molecule has 10 atom stereocenters. The van der Waals surface area contributed by atoms with Gasteiger partial charge in [-0.05, 0) is 83.0 Å². The smallest absolute Gasteiger partial charge is 0.303 e. The first-order valence-electron chi connectivity index (χ1n) is 31.6. The first-order chi connectivity index (χ1) is 46.6. The maximum absolute atomic E-state index is 14.3. The van der Waals surface area contributed by atoms with Crippen LogP contribution in [0.2, 0.25) is 0 Å². The molecule has 2 rings (SSSR count). The number of rotatable bonds is 47. The molecule has 0 radical (unpaired) electrons. The number of Topliss-reactive ketones (excluding diaryl/α,β-unsaturated/α-hetero) is 1. The number of likely N-dealkylation sites (tertiary alicyclic amines) is 1. The molecule has 1 aliphatic rings. The number of carboxylic acid groups (broad SMARTS) is 5.